The smallest absolute Gasteiger partial charge is 0.393 e. The Balaban J connectivity index is 2.65. The second-order valence-electron chi connectivity index (χ2n) is 3.27. The number of rotatable bonds is 1. The molecular formula is C7H10F3NO2. The average Bonchev–Trinajstić information content (AvgIpc) is 2.29. The van der Waals surface area contributed by atoms with Gasteiger partial charge >= 0.3 is 12.1 Å². The Morgan fingerprint density at radius 1 is 1.54 bits per heavy atom. The van der Waals surface area contributed by atoms with Crippen molar-refractivity contribution in [1.82, 2.24) is 4.90 Å². The number of carboxylic acids is 1. The minimum Gasteiger partial charge on any atom is -0.480 e. The van der Waals surface area contributed by atoms with Gasteiger partial charge in [0.2, 0.25) is 0 Å². The van der Waals surface area contributed by atoms with Gasteiger partial charge in [0.05, 0.1) is 5.92 Å². The third kappa shape index (κ3) is 2.12. The second-order valence-corrected chi connectivity index (χ2v) is 3.27. The summed E-state index contributed by atoms with van der Waals surface area (Å²) in [7, 11) is 1.39. The third-order valence-corrected chi connectivity index (χ3v) is 2.30. The standard InChI is InChI=1S/C7H10F3NO2/c1-11-3-4(7(8,9)10)2-5(11)6(12)13/h4-5H,2-3H2,1H3,(H,12,13). The van der Waals surface area contributed by atoms with Crippen molar-refractivity contribution in [2.75, 3.05) is 13.6 Å². The number of hydrogen-bond donors (Lipinski definition) is 1. The zero-order valence-electron chi connectivity index (χ0n) is 7.01. The number of likely N-dealkylation sites (N-methyl/N-ethyl adjacent to an activating group) is 1. The van der Waals surface area contributed by atoms with Gasteiger partial charge in [0.15, 0.2) is 0 Å². The molecule has 76 valence electrons. The molecule has 1 N–H and O–H groups in total. The van der Waals surface area contributed by atoms with Gasteiger partial charge < -0.3 is 5.11 Å². The van der Waals surface area contributed by atoms with Gasteiger partial charge in [0.25, 0.3) is 0 Å². The van der Waals surface area contributed by atoms with E-state index in [4.69, 9.17) is 5.11 Å². The maximum Gasteiger partial charge on any atom is 0.393 e. The molecule has 1 saturated heterocycles. The number of nitrogens with zero attached hydrogens (tertiary/aromatic N) is 1. The third-order valence-electron chi connectivity index (χ3n) is 2.30. The summed E-state index contributed by atoms with van der Waals surface area (Å²) in [6, 6.07) is -0.994. The largest absolute Gasteiger partial charge is 0.480 e. The molecule has 1 aliphatic heterocycles. The Hall–Kier alpha value is -0.780. The number of halogens is 3. The van der Waals surface area contributed by atoms with E-state index in [2.05, 4.69) is 0 Å². The van der Waals surface area contributed by atoms with Crippen LogP contribution in [0.5, 0.6) is 0 Å². The molecule has 1 rings (SSSR count). The lowest BCUT2D eigenvalue weighted by molar-refractivity contribution is -0.170. The summed E-state index contributed by atoms with van der Waals surface area (Å²) in [4.78, 5) is 11.7. The molecule has 1 fully saturated rings. The van der Waals surface area contributed by atoms with Crippen LogP contribution in [0, 0.1) is 5.92 Å². The highest BCUT2D eigenvalue weighted by Crippen LogP contribution is 2.35. The summed E-state index contributed by atoms with van der Waals surface area (Å²) < 4.78 is 36.5. The van der Waals surface area contributed by atoms with E-state index >= 15 is 0 Å². The molecule has 0 radical (unpaired) electrons. The summed E-state index contributed by atoms with van der Waals surface area (Å²) in [6.45, 7) is -0.222. The molecule has 0 saturated carbocycles. The molecule has 0 aliphatic carbocycles. The predicted octanol–water partition coefficient (Wildman–Crippen LogP) is 0.954. The van der Waals surface area contributed by atoms with E-state index in [1.807, 2.05) is 0 Å². The molecule has 0 bridgehead atoms. The van der Waals surface area contributed by atoms with Crippen molar-refractivity contribution in [3.63, 3.8) is 0 Å². The fourth-order valence-corrected chi connectivity index (χ4v) is 1.53. The highest BCUT2D eigenvalue weighted by Gasteiger charge is 2.48. The molecule has 0 spiro atoms. The zero-order valence-corrected chi connectivity index (χ0v) is 7.01. The summed E-state index contributed by atoms with van der Waals surface area (Å²) in [5.41, 5.74) is 0. The summed E-state index contributed by atoms with van der Waals surface area (Å²) in [5.74, 6) is -2.69. The van der Waals surface area contributed by atoms with E-state index in [-0.39, 0.29) is 13.0 Å². The normalized spacial score (nSPS) is 30.8. The van der Waals surface area contributed by atoms with Gasteiger partial charge in [-0.15, -0.1) is 0 Å². The lowest BCUT2D eigenvalue weighted by Gasteiger charge is -2.14. The van der Waals surface area contributed by atoms with Gasteiger partial charge in [-0.3, -0.25) is 9.69 Å². The van der Waals surface area contributed by atoms with E-state index in [9.17, 15) is 18.0 Å². The fourth-order valence-electron chi connectivity index (χ4n) is 1.53. The van der Waals surface area contributed by atoms with Crippen LogP contribution in [-0.4, -0.2) is 41.8 Å². The van der Waals surface area contributed by atoms with Crippen LogP contribution in [-0.2, 0) is 4.79 Å². The number of carboxylic acid groups (broad SMARTS) is 1. The maximum atomic E-state index is 12.2. The van der Waals surface area contributed by atoms with Crippen LogP contribution in [0.2, 0.25) is 0 Å². The molecule has 2 unspecified atom stereocenters. The van der Waals surface area contributed by atoms with Gasteiger partial charge in [-0.25, -0.2) is 0 Å². The van der Waals surface area contributed by atoms with E-state index < -0.39 is 24.1 Å². The summed E-state index contributed by atoms with van der Waals surface area (Å²) >= 11 is 0. The first-order valence-corrected chi connectivity index (χ1v) is 3.82. The maximum absolute atomic E-state index is 12.2. The first-order chi connectivity index (χ1) is 5.82. The number of aliphatic carboxylic acids is 1. The number of carbonyl (C=O) groups is 1. The minimum atomic E-state index is -4.28. The second kappa shape index (κ2) is 3.17. The molecule has 3 nitrogen and oxygen atoms in total. The number of hydrogen-bond acceptors (Lipinski definition) is 2. The summed E-state index contributed by atoms with van der Waals surface area (Å²) in [5, 5.41) is 8.56. The molecule has 1 heterocycles. The Morgan fingerprint density at radius 3 is 2.31 bits per heavy atom. The minimum absolute atomic E-state index is 0.222. The molecule has 0 amide bonds. The molecule has 0 aromatic carbocycles. The van der Waals surface area contributed by atoms with Crippen molar-refractivity contribution in [1.29, 1.82) is 0 Å². The summed E-state index contributed by atoms with van der Waals surface area (Å²) in [6.07, 6.45) is -4.62. The zero-order chi connectivity index (χ0) is 10.2. The lowest BCUT2D eigenvalue weighted by atomic mass is 10.1. The number of likely N-dealkylation sites (tertiary alicyclic amines) is 1. The van der Waals surface area contributed by atoms with E-state index in [0.29, 0.717) is 0 Å². The average molecular weight is 197 g/mol. The molecule has 1 aliphatic rings. The SMILES string of the molecule is CN1CC(C(F)(F)F)CC1C(=O)O. The van der Waals surface area contributed by atoms with Crippen molar-refractivity contribution in [3.8, 4) is 0 Å². The van der Waals surface area contributed by atoms with Crippen molar-refractivity contribution in [3.05, 3.63) is 0 Å². The van der Waals surface area contributed by atoms with Crippen LogP contribution in [0.15, 0.2) is 0 Å². The molecule has 6 heteroatoms. The van der Waals surface area contributed by atoms with Crippen LogP contribution < -0.4 is 0 Å². The Morgan fingerprint density at radius 2 is 2.08 bits per heavy atom. The predicted molar refractivity (Wildman–Crippen MR) is 38.2 cm³/mol. The van der Waals surface area contributed by atoms with Crippen molar-refractivity contribution < 1.29 is 23.1 Å². The van der Waals surface area contributed by atoms with Crippen LogP contribution in [0.1, 0.15) is 6.42 Å². The lowest BCUT2D eigenvalue weighted by Crippen LogP contribution is -2.32. The van der Waals surface area contributed by atoms with E-state index in [1.54, 1.807) is 0 Å². The van der Waals surface area contributed by atoms with Crippen molar-refractivity contribution in [2.24, 2.45) is 5.92 Å². The molecule has 0 aromatic rings. The van der Waals surface area contributed by atoms with Crippen molar-refractivity contribution >= 4 is 5.97 Å². The van der Waals surface area contributed by atoms with Crippen molar-refractivity contribution in [2.45, 2.75) is 18.6 Å². The van der Waals surface area contributed by atoms with Gasteiger partial charge in [-0.1, -0.05) is 0 Å². The molecular weight excluding hydrogens is 187 g/mol. The Labute approximate surface area is 73.1 Å². The first kappa shape index (κ1) is 10.3. The highest BCUT2D eigenvalue weighted by molar-refractivity contribution is 5.73. The van der Waals surface area contributed by atoms with Gasteiger partial charge in [0.1, 0.15) is 6.04 Å². The topological polar surface area (TPSA) is 40.5 Å². The monoisotopic (exact) mass is 197 g/mol. The highest BCUT2D eigenvalue weighted by atomic mass is 19.4. The molecule has 13 heavy (non-hydrogen) atoms. The molecule has 0 aromatic heterocycles. The van der Waals surface area contributed by atoms with Gasteiger partial charge in [-0.05, 0) is 13.5 Å². The van der Waals surface area contributed by atoms with Crippen LogP contribution in [0.25, 0.3) is 0 Å². The van der Waals surface area contributed by atoms with Crippen LogP contribution in [0.4, 0.5) is 13.2 Å². The molecule has 2 atom stereocenters. The Bertz CT molecular complexity index is 216. The number of alkyl halides is 3. The first-order valence-electron chi connectivity index (χ1n) is 3.82. The van der Waals surface area contributed by atoms with Gasteiger partial charge in [0, 0.05) is 6.54 Å². The van der Waals surface area contributed by atoms with Crippen LogP contribution >= 0.6 is 0 Å². The quantitative estimate of drug-likeness (QED) is 0.680. The van der Waals surface area contributed by atoms with E-state index in [1.165, 1.54) is 11.9 Å². The van der Waals surface area contributed by atoms with Crippen LogP contribution in [0.3, 0.4) is 0 Å². The Kier molecular flexibility index (Phi) is 2.51. The fraction of sp³-hybridized carbons (Fsp3) is 0.857. The van der Waals surface area contributed by atoms with E-state index in [0.717, 1.165) is 0 Å². The van der Waals surface area contributed by atoms with Gasteiger partial charge in [-0.2, -0.15) is 13.2 Å².